The number of non-ortho nitro benzene ring substituents is 1. The number of halogens is 3. The molecule has 0 aliphatic heterocycles. The molecule has 0 aliphatic carbocycles. The van der Waals surface area contributed by atoms with Crippen LogP contribution >= 0.6 is 0 Å². The second kappa shape index (κ2) is 7.83. The highest BCUT2D eigenvalue weighted by Crippen LogP contribution is 2.31. The van der Waals surface area contributed by atoms with E-state index in [9.17, 15) is 28.1 Å². The first-order valence-corrected chi connectivity index (χ1v) is 7.43. The minimum atomic E-state index is -4.56. The molecule has 0 atom stereocenters. The Bertz CT molecular complexity index is 825. The maximum absolute atomic E-state index is 12.8. The van der Waals surface area contributed by atoms with Crippen molar-refractivity contribution in [3.05, 3.63) is 63.7 Å². The SMILES string of the molecule is NCCNc1ccc([N+](=O)[O-])cc1C(=O)Nc1cccc(C(F)(F)F)c1. The number of alkyl halides is 3. The zero-order chi connectivity index (χ0) is 19.3. The predicted molar refractivity (Wildman–Crippen MR) is 90.0 cm³/mol. The van der Waals surface area contributed by atoms with Crippen molar-refractivity contribution in [3.8, 4) is 0 Å². The average molecular weight is 368 g/mol. The van der Waals surface area contributed by atoms with Gasteiger partial charge in [-0.15, -0.1) is 0 Å². The van der Waals surface area contributed by atoms with Crippen LogP contribution in [-0.2, 0) is 6.18 Å². The molecule has 0 unspecified atom stereocenters. The Morgan fingerprint density at radius 1 is 1.19 bits per heavy atom. The Labute approximate surface area is 146 Å². The maximum atomic E-state index is 12.8. The van der Waals surface area contributed by atoms with Crippen LogP contribution in [0.1, 0.15) is 15.9 Å². The molecule has 0 fully saturated rings. The number of hydrogen-bond acceptors (Lipinski definition) is 5. The third-order valence-corrected chi connectivity index (χ3v) is 3.37. The summed E-state index contributed by atoms with van der Waals surface area (Å²) in [7, 11) is 0. The standard InChI is InChI=1S/C16H15F3N4O3/c17-16(18,19)10-2-1-3-11(8-10)22-15(24)13-9-12(23(25)26)4-5-14(13)21-7-6-20/h1-5,8-9,21H,6-7,20H2,(H,22,24). The van der Waals surface area contributed by atoms with E-state index in [0.717, 1.165) is 24.3 Å². The molecule has 0 saturated heterocycles. The first kappa shape index (κ1) is 19.2. The number of nitrogens with two attached hydrogens (primary N) is 1. The molecule has 7 nitrogen and oxygen atoms in total. The normalized spacial score (nSPS) is 11.1. The fourth-order valence-corrected chi connectivity index (χ4v) is 2.17. The summed E-state index contributed by atoms with van der Waals surface area (Å²) in [6.45, 7) is 0.563. The summed E-state index contributed by atoms with van der Waals surface area (Å²) in [5, 5.41) is 16.1. The summed E-state index contributed by atoms with van der Waals surface area (Å²) in [4.78, 5) is 22.7. The number of rotatable bonds is 6. The van der Waals surface area contributed by atoms with Crippen LogP contribution < -0.4 is 16.4 Å². The number of nitrogens with zero attached hydrogens (tertiary/aromatic N) is 1. The first-order chi connectivity index (χ1) is 12.2. The van der Waals surface area contributed by atoms with Gasteiger partial charge in [0.25, 0.3) is 11.6 Å². The van der Waals surface area contributed by atoms with Gasteiger partial charge in [0, 0.05) is 36.6 Å². The van der Waals surface area contributed by atoms with E-state index in [0.29, 0.717) is 6.54 Å². The molecule has 4 N–H and O–H groups in total. The van der Waals surface area contributed by atoms with Crippen LogP contribution in [0.4, 0.5) is 30.2 Å². The van der Waals surface area contributed by atoms with Crippen molar-refractivity contribution < 1.29 is 22.9 Å². The number of benzene rings is 2. The highest BCUT2D eigenvalue weighted by molar-refractivity contribution is 6.08. The molecule has 0 radical (unpaired) electrons. The van der Waals surface area contributed by atoms with Crippen molar-refractivity contribution >= 4 is 23.0 Å². The fourth-order valence-electron chi connectivity index (χ4n) is 2.17. The molecular formula is C16H15F3N4O3. The van der Waals surface area contributed by atoms with Crippen LogP contribution in [0.5, 0.6) is 0 Å². The number of nitrogens with one attached hydrogen (secondary N) is 2. The van der Waals surface area contributed by atoms with Gasteiger partial charge in [-0.05, 0) is 24.3 Å². The van der Waals surface area contributed by atoms with E-state index in [4.69, 9.17) is 5.73 Å². The number of amides is 1. The van der Waals surface area contributed by atoms with Gasteiger partial charge in [0.1, 0.15) is 0 Å². The minimum absolute atomic E-state index is 0.0786. The van der Waals surface area contributed by atoms with Gasteiger partial charge in [0.15, 0.2) is 0 Å². The molecule has 26 heavy (non-hydrogen) atoms. The highest BCUT2D eigenvalue weighted by Gasteiger charge is 2.30. The van der Waals surface area contributed by atoms with Gasteiger partial charge in [0.2, 0.25) is 0 Å². The van der Waals surface area contributed by atoms with Gasteiger partial charge in [-0.1, -0.05) is 6.07 Å². The summed E-state index contributed by atoms with van der Waals surface area (Å²) in [6, 6.07) is 7.69. The van der Waals surface area contributed by atoms with E-state index in [-0.39, 0.29) is 29.2 Å². The highest BCUT2D eigenvalue weighted by atomic mass is 19.4. The summed E-state index contributed by atoms with van der Waals surface area (Å²) in [5.74, 6) is -0.785. The van der Waals surface area contributed by atoms with Crippen LogP contribution in [0.15, 0.2) is 42.5 Å². The number of hydrogen-bond donors (Lipinski definition) is 3. The second-order valence-electron chi connectivity index (χ2n) is 5.24. The Morgan fingerprint density at radius 2 is 1.92 bits per heavy atom. The van der Waals surface area contributed by atoms with Crippen molar-refractivity contribution in [2.75, 3.05) is 23.7 Å². The molecule has 138 valence electrons. The molecule has 2 aromatic rings. The van der Waals surface area contributed by atoms with Gasteiger partial charge < -0.3 is 16.4 Å². The van der Waals surface area contributed by atoms with Crippen LogP contribution in [0.25, 0.3) is 0 Å². The van der Waals surface area contributed by atoms with Crippen molar-refractivity contribution in [3.63, 3.8) is 0 Å². The number of nitro benzene ring substituents is 1. The van der Waals surface area contributed by atoms with Crippen molar-refractivity contribution in [1.29, 1.82) is 0 Å². The molecule has 0 spiro atoms. The van der Waals surface area contributed by atoms with Gasteiger partial charge in [-0.3, -0.25) is 14.9 Å². The zero-order valence-corrected chi connectivity index (χ0v) is 13.3. The topological polar surface area (TPSA) is 110 Å². The quantitative estimate of drug-likeness (QED) is 0.536. The lowest BCUT2D eigenvalue weighted by Crippen LogP contribution is -2.18. The van der Waals surface area contributed by atoms with Crippen LogP contribution in [0, 0.1) is 10.1 Å². The molecule has 0 saturated carbocycles. The lowest BCUT2D eigenvalue weighted by Gasteiger charge is -2.13. The monoisotopic (exact) mass is 368 g/mol. The predicted octanol–water partition coefficient (Wildman–Crippen LogP) is 3.24. The van der Waals surface area contributed by atoms with E-state index < -0.39 is 22.6 Å². The number of carbonyl (C=O) groups excluding carboxylic acids is 1. The van der Waals surface area contributed by atoms with E-state index in [1.807, 2.05) is 0 Å². The van der Waals surface area contributed by atoms with Crippen molar-refractivity contribution in [2.24, 2.45) is 5.73 Å². The molecule has 0 bridgehead atoms. The van der Waals surface area contributed by atoms with Gasteiger partial charge in [-0.25, -0.2) is 0 Å². The molecule has 2 rings (SSSR count). The van der Waals surface area contributed by atoms with Gasteiger partial charge in [0.05, 0.1) is 16.1 Å². The molecule has 0 heterocycles. The minimum Gasteiger partial charge on any atom is -0.383 e. The molecule has 0 aromatic heterocycles. The van der Waals surface area contributed by atoms with Crippen LogP contribution in [-0.4, -0.2) is 23.9 Å². The lowest BCUT2D eigenvalue weighted by molar-refractivity contribution is -0.384. The number of anilines is 2. The van der Waals surface area contributed by atoms with Gasteiger partial charge >= 0.3 is 6.18 Å². The first-order valence-electron chi connectivity index (χ1n) is 7.43. The summed E-state index contributed by atoms with van der Waals surface area (Å²) in [5.41, 5.74) is 4.26. The van der Waals surface area contributed by atoms with E-state index in [1.165, 1.54) is 18.2 Å². The largest absolute Gasteiger partial charge is 0.416 e. The summed E-state index contributed by atoms with van der Waals surface area (Å²) < 4.78 is 38.3. The lowest BCUT2D eigenvalue weighted by atomic mass is 10.1. The third kappa shape index (κ3) is 4.70. The maximum Gasteiger partial charge on any atom is 0.416 e. The number of carbonyl (C=O) groups is 1. The third-order valence-electron chi connectivity index (χ3n) is 3.37. The molecule has 2 aromatic carbocycles. The molecule has 10 heteroatoms. The fraction of sp³-hybridized carbons (Fsp3) is 0.188. The van der Waals surface area contributed by atoms with Crippen LogP contribution in [0.2, 0.25) is 0 Å². The van der Waals surface area contributed by atoms with Crippen LogP contribution in [0.3, 0.4) is 0 Å². The van der Waals surface area contributed by atoms with E-state index in [1.54, 1.807) is 0 Å². The van der Waals surface area contributed by atoms with E-state index in [2.05, 4.69) is 10.6 Å². The van der Waals surface area contributed by atoms with E-state index >= 15 is 0 Å². The zero-order valence-electron chi connectivity index (χ0n) is 13.3. The Balaban J connectivity index is 2.33. The molecule has 0 aliphatic rings. The smallest absolute Gasteiger partial charge is 0.383 e. The van der Waals surface area contributed by atoms with Gasteiger partial charge in [-0.2, -0.15) is 13.2 Å². The average Bonchev–Trinajstić information content (AvgIpc) is 2.59. The Kier molecular flexibility index (Phi) is 5.78. The van der Waals surface area contributed by atoms with Crippen molar-refractivity contribution in [1.82, 2.24) is 0 Å². The van der Waals surface area contributed by atoms with Crippen molar-refractivity contribution in [2.45, 2.75) is 6.18 Å². The Hall–Kier alpha value is -3.14. The molecular weight excluding hydrogens is 353 g/mol. The number of nitro groups is 1. The molecule has 1 amide bonds. The Morgan fingerprint density at radius 3 is 2.54 bits per heavy atom. The summed E-state index contributed by atoms with van der Waals surface area (Å²) >= 11 is 0. The second-order valence-corrected chi connectivity index (χ2v) is 5.24. The summed E-state index contributed by atoms with van der Waals surface area (Å²) in [6.07, 6.45) is -4.56.